The van der Waals surface area contributed by atoms with Crippen molar-refractivity contribution in [3.8, 4) is 0 Å². The van der Waals surface area contributed by atoms with Crippen molar-refractivity contribution in [3.63, 3.8) is 0 Å². The number of hydrogen-bond donors (Lipinski definition) is 0. The summed E-state index contributed by atoms with van der Waals surface area (Å²) in [4.78, 5) is 50.1. The van der Waals surface area contributed by atoms with Gasteiger partial charge < -0.3 is 0 Å². The molecule has 1 rings (SSSR count). The fraction of sp³-hybridized carbons (Fsp3) is 0.789. The molecule has 0 saturated carbocycles. The molecule has 0 spiro atoms. The van der Waals surface area contributed by atoms with E-state index in [1.807, 2.05) is 13.8 Å². The summed E-state index contributed by atoms with van der Waals surface area (Å²) in [6.07, 6.45) is 0. The summed E-state index contributed by atoms with van der Waals surface area (Å²) in [7, 11) is 0. The molecule has 1 heterocycles. The number of carbonyl (C=O) groups is 4. The SMILES string of the molecule is CC(C)C1CN(CC(=O)F)CCN(CC(=O)F)CCN(CC(=O)F)CCN1CC(=O)F. The number of carbonyl (C=O) groups excluding carboxylic acids is 4. The lowest BCUT2D eigenvalue weighted by Crippen LogP contribution is -2.54. The summed E-state index contributed by atoms with van der Waals surface area (Å²) in [5.41, 5.74) is 0. The van der Waals surface area contributed by atoms with Crippen molar-refractivity contribution in [1.82, 2.24) is 19.6 Å². The van der Waals surface area contributed by atoms with E-state index in [1.54, 1.807) is 0 Å². The molecular weight excluding hydrogens is 424 g/mol. The molecule has 0 radical (unpaired) electrons. The molecule has 0 aromatic rings. The highest BCUT2D eigenvalue weighted by Gasteiger charge is 2.29. The van der Waals surface area contributed by atoms with Gasteiger partial charge in [0.05, 0.1) is 26.2 Å². The summed E-state index contributed by atoms with van der Waals surface area (Å²) in [5, 5.41) is 0. The van der Waals surface area contributed by atoms with E-state index in [0.29, 0.717) is 0 Å². The van der Waals surface area contributed by atoms with Crippen LogP contribution in [0, 0.1) is 5.92 Å². The fourth-order valence-electron chi connectivity index (χ4n) is 3.67. The lowest BCUT2D eigenvalue weighted by atomic mass is 10.0. The van der Waals surface area contributed by atoms with Gasteiger partial charge in [-0.15, -0.1) is 0 Å². The predicted molar refractivity (Wildman–Crippen MR) is 104 cm³/mol. The van der Waals surface area contributed by atoms with Gasteiger partial charge in [0.1, 0.15) is 0 Å². The molecule has 0 aromatic carbocycles. The Morgan fingerprint density at radius 3 is 1.39 bits per heavy atom. The van der Waals surface area contributed by atoms with Crippen molar-refractivity contribution in [3.05, 3.63) is 0 Å². The minimum atomic E-state index is -1.58. The van der Waals surface area contributed by atoms with Gasteiger partial charge in [-0.25, -0.2) is 0 Å². The Kier molecular flexibility index (Phi) is 12.0. The van der Waals surface area contributed by atoms with E-state index in [9.17, 15) is 36.7 Å². The highest BCUT2D eigenvalue weighted by atomic mass is 19.1. The first-order chi connectivity index (χ1) is 14.5. The van der Waals surface area contributed by atoms with Gasteiger partial charge in [0, 0.05) is 51.9 Å². The monoisotopic (exact) mass is 454 g/mol. The van der Waals surface area contributed by atoms with Crippen molar-refractivity contribution < 1.29 is 36.7 Å². The lowest BCUT2D eigenvalue weighted by molar-refractivity contribution is -0.134. The van der Waals surface area contributed by atoms with Crippen molar-refractivity contribution >= 4 is 24.1 Å². The topological polar surface area (TPSA) is 81.2 Å². The van der Waals surface area contributed by atoms with Crippen LogP contribution in [0.25, 0.3) is 0 Å². The second-order valence-corrected chi connectivity index (χ2v) is 7.99. The molecule has 1 unspecified atom stereocenters. The first kappa shape index (κ1) is 27.3. The third-order valence-corrected chi connectivity index (χ3v) is 5.22. The quantitative estimate of drug-likeness (QED) is 0.362. The molecule has 0 amide bonds. The van der Waals surface area contributed by atoms with E-state index in [1.165, 1.54) is 19.6 Å². The van der Waals surface area contributed by atoms with Crippen molar-refractivity contribution in [1.29, 1.82) is 0 Å². The molecule has 0 aliphatic carbocycles. The van der Waals surface area contributed by atoms with E-state index in [0.717, 1.165) is 0 Å². The highest BCUT2D eigenvalue weighted by molar-refractivity contribution is 5.71. The van der Waals surface area contributed by atoms with Crippen LogP contribution in [0.4, 0.5) is 17.6 Å². The maximum absolute atomic E-state index is 13.3. The molecule has 0 bridgehead atoms. The Morgan fingerprint density at radius 1 is 0.645 bits per heavy atom. The first-order valence-corrected chi connectivity index (χ1v) is 10.1. The zero-order valence-electron chi connectivity index (χ0n) is 17.9. The average molecular weight is 454 g/mol. The minimum Gasteiger partial charge on any atom is -0.291 e. The maximum atomic E-state index is 13.3. The number of halogens is 4. The number of rotatable bonds is 9. The molecule has 178 valence electrons. The van der Waals surface area contributed by atoms with E-state index in [2.05, 4.69) is 0 Å². The van der Waals surface area contributed by atoms with Crippen LogP contribution < -0.4 is 0 Å². The third-order valence-electron chi connectivity index (χ3n) is 5.22. The first-order valence-electron chi connectivity index (χ1n) is 10.1. The summed E-state index contributed by atoms with van der Waals surface area (Å²) in [6, 6.07) is -6.78. The van der Waals surface area contributed by atoms with Crippen LogP contribution >= 0.6 is 0 Å². The average Bonchev–Trinajstić information content (AvgIpc) is 2.61. The van der Waals surface area contributed by atoms with Crippen LogP contribution in [0.1, 0.15) is 13.8 Å². The Bertz CT molecular complexity index is 638. The van der Waals surface area contributed by atoms with E-state index in [-0.39, 0.29) is 51.7 Å². The fourth-order valence-corrected chi connectivity index (χ4v) is 3.67. The predicted octanol–water partition coefficient (Wildman–Crippen LogP) is 0.217. The second-order valence-electron chi connectivity index (χ2n) is 7.99. The molecular formula is C19H30F4N4O4. The summed E-state index contributed by atoms with van der Waals surface area (Å²) >= 11 is 0. The van der Waals surface area contributed by atoms with Gasteiger partial charge in [-0.3, -0.25) is 38.8 Å². The van der Waals surface area contributed by atoms with Crippen LogP contribution in [-0.2, 0) is 19.2 Å². The van der Waals surface area contributed by atoms with Crippen LogP contribution in [0.5, 0.6) is 0 Å². The van der Waals surface area contributed by atoms with Gasteiger partial charge in [0.15, 0.2) is 0 Å². The molecule has 1 saturated heterocycles. The van der Waals surface area contributed by atoms with Crippen LogP contribution in [0.3, 0.4) is 0 Å². The van der Waals surface area contributed by atoms with E-state index >= 15 is 0 Å². The molecule has 1 aliphatic rings. The molecule has 31 heavy (non-hydrogen) atoms. The smallest absolute Gasteiger partial charge is 0.291 e. The Balaban J connectivity index is 3.17. The molecule has 0 N–H and O–H groups in total. The van der Waals surface area contributed by atoms with E-state index < -0.39 is 56.4 Å². The largest absolute Gasteiger partial charge is 0.315 e. The van der Waals surface area contributed by atoms with E-state index in [4.69, 9.17) is 0 Å². The molecule has 1 fully saturated rings. The van der Waals surface area contributed by atoms with Gasteiger partial charge >= 0.3 is 24.1 Å². The maximum Gasteiger partial charge on any atom is 0.315 e. The Labute approximate surface area is 179 Å². The van der Waals surface area contributed by atoms with Crippen LogP contribution in [0.15, 0.2) is 0 Å². The van der Waals surface area contributed by atoms with Gasteiger partial charge in [0.25, 0.3) is 0 Å². The minimum absolute atomic E-state index is 0.102. The Hall–Kier alpha value is -1.76. The van der Waals surface area contributed by atoms with Crippen molar-refractivity contribution in [2.24, 2.45) is 5.92 Å². The number of hydrogen-bond acceptors (Lipinski definition) is 8. The van der Waals surface area contributed by atoms with Gasteiger partial charge in [-0.05, 0) is 5.92 Å². The molecule has 12 heteroatoms. The van der Waals surface area contributed by atoms with Gasteiger partial charge in [-0.2, -0.15) is 17.6 Å². The standard InChI is InChI=1S/C19H30F4N4O4/c1-14(2)15-9-26(12-18(22)30)6-5-24(10-16(20)28)3-4-25(11-17(21)29)7-8-27(15)13-19(23)31/h14-15H,3-13H2,1-2H3. The summed E-state index contributed by atoms with van der Waals surface area (Å²) < 4.78 is 52.4. The normalized spacial score (nSPS) is 21.5. The van der Waals surface area contributed by atoms with Gasteiger partial charge in [0.2, 0.25) is 0 Å². The van der Waals surface area contributed by atoms with Crippen molar-refractivity contribution in [2.75, 3.05) is 72.0 Å². The summed E-state index contributed by atoms with van der Waals surface area (Å²) in [5.74, 6) is -0.126. The molecule has 0 aromatic heterocycles. The summed E-state index contributed by atoms with van der Waals surface area (Å²) in [6.45, 7) is 2.22. The van der Waals surface area contributed by atoms with Crippen molar-refractivity contribution in [2.45, 2.75) is 19.9 Å². The number of nitrogens with zero attached hydrogens (tertiary/aromatic N) is 4. The third kappa shape index (κ3) is 11.4. The molecule has 1 atom stereocenters. The second kappa shape index (κ2) is 13.6. The molecule has 1 aliphatic heterocycles. The zero-order valence-corrected chi connectivity index (χ0v) is 17.9. The highest BCUT2D eigenvalue weighted by Crippen LogP contribution is 2.15. The zero-order chi connectivity index (χ0) is 23.6. The van der Waals surface area contributed by atoms with Crippen LogP contribution in [0.2, 0.25) is 0 Å². The van der Waals surface area contributed by atoms with Crippen LogP contribution in [-0.4, -0.2) is 122 Å². The molecule has 8 nitrogen and oxygen atoms in total. The Morgan fingerprint density at radius 2 is 1.00 bits per heavy atom. The lowest BCUT2D eigenvalue weighted by Gasteiger charge is -2.39. The van der Waals surface area contributed by atoms with Gasteiger partial charge in [-0.1, -0.05) is 13.8 Å².